The molecule has 0 bridgehead atoms. The molecule has 2 atom stereocenters. The summed E-state index contributed by atoms with van der Waals surface area (Å²) in [5.74, 6) is -0.995. The molecular formula is C15H20FNO2. The van der Waals surface area contributed by atoms with Crippen molar-refractivity contribution < 1.29 is 14.3 Å². The number of halogens is 1. The van der Waals surface area contributed by atoms with E-state index in [0.717, 1.165) is 25.7 Å². The van der Waals surface area contributed by atoms with Crippen LogP contribution in [0.2, 0.25) is 0 Å². The van der Waals surface area contributed by atoms with Gasteiger partial charge < -0.3 is 10.4 Å². The second-order valence-corrected chi connectivity index (χ2v) is 5.21. The summed E-state index contributed by atoms with van der Waals surface area (Å²) < 4.78 is 13.4. The molecule has 0 aromatic heterocycles. The van der Waals surface area contributed by atoms with Crippen LogP contribution in [-0.4, -0.2) is 17.6 Å². The Morgan fingerprint density at radius 1 is 1.32 bits per heavy atom. The number of hydrogen-bond acceptors (Lipinski definition) is 2. The molecule has 104 valence electrons. The highest BCUT2D eigenvalue weighted by Gasteiger charge is 2.30. The second-order valence-electron chi connectivity index (χ2n) is 5.21. The summed E-state index contributed by atoms with van der Waals surface area (Å²) in [5.41, 5.74) is 0.630. The highest BCUT2D eigenvalue weighted by Crippen LogP contribution is 2.29. The number of nitrogens with one attached hydrogen (secondary N) is 1. The average Bonchev–Trinajstić information content (AvgIpc) is 2.41. The standard InChI is InChI=1S/C15H20FNO2/c16-14-8-4-2-6-12(14)10-17-9-11-5-1-3-7-13(11)15(18)19/h2,4,6,8,11,13,17H,1,3,5,7,9-10H2,(H,18,19). The van der Waals surface area contributed by atoms with Crippen molar-refractivity contribution in [3.8, 4) is 0 Å². The van der Waals surface area contributed by atoms with Crippen LogP contribution in [0, 0.1) is 17.7 Å². The zero-order chi connectivity index (χ0) is 13.7. The summed E-state index contributed by atoms with van der Waals surface area (Å²) >= 11 is 0. The second kappa shape index (κ2) is 6.66. The van der Waals surface area contributed by atoms with Crippen molar-refractivity contribution in [3.05, 3.63) is 35.6 Å². The fourth-order valence-corrected chi connectivity index (χ4v) is 2.81. The van der Waals surface area contributed by atoms with Gasteiger partial charge in [-0.15, -0.1) is 0 Å². The minimum Gasteiger partial charge on any atom is -0.481 e. The Balaban J connectivity index is 1.84. The molecule has 1 fully saturated rings. The van der Waals surface area contributed by atoms with E-state index in [1.807, 2.05) is 0 Å². The van der Waals surface area contributed by atoms with E-state index in [-0.39, 0.29) is 17.7 Å². The van der Waals surface area contributed by atoms with E-state index in [9.17, 15) is 14.3 Å². The molecule has 0 amide bonds. The lowest BCUT2D eigenvalue weighted by Gasteiger charge is -2.28. The van der Waals surface area contributed by atoms with E-state index >= 15 is 0 Å². The number of hydrogen-bond donors (Lipinski definition) is 2. The van der Waals surface area contributed by atoms with Crippen LogP contribution in [0.25, 0.3) is 0 Å². The molecule has 0 spiro atoms. The Morgan fingerprint density at radius 3 is 2.79 bits per heavy atom. The Kier molecular flexibility index (Phi) is 4.91. The van der Waals surface area contributed by atoms with Crippen LogP contribution in [-0.2, 0) is 11.3 Å². The number of benzene rings is 1. The monoisotopic (exact) mass is 265 g/mol. The maximum Gasteiger partial charge on any atom is 0.306 e. The highest BCUT2D eigenvalue weighted by molar-refractivity contribution is 5.70. The van der Waals surface area contributed by atoms with Gasteiger partial charge in [-0.05, 0) is 31.4 Å². The highest BCUT2D eigenvalue weighted by atomic mass is 19.1. The summed E-state index contributed by atoms with van der Waals surface area (Å²) in [6.45, 7) is 1.10. The topological polar surface area (TPSA) is 49.3 Å². The van der Waals surface area contributed by atoms with Gasteiger partial charge in [-0.2, -0.15) is 0 Å². The first kappa shape index (κ1) is 14.0. The number of carboxylic acid groups (broad SMARTS) is 1. The molecule has 1 aliphatic rings. The Hall–Kier alpha value is -1.42. The Morgan fingerprint density at radius 2 is 2.05 bits per heavy atom. The number of rotatable bonds is 5. The average molecular weight is 265 g/mol. The number of carboxylic acids is 1. The number of carbonyl (C=O) groups is 1. The molecule has 1 saturated carbocycles. The molecule has 19 heavy (non-hydrogen) atoms. The molecule has 2 unspecified atom stereocenters. The van der Waals surface area contributed by atoms with Gasteiger partial charge in [-0.1, -0.05) is 31.0 Å². The lowest BCUT2D eigenvalue weighted by molar-refractivity contribution is -0.144. The minimum atomic E-state index is -0.697. The molecule has 0 saturated heterocycles. The quantitative estimate of drug-likeness (QED) is 0.860. The summed E-state index contributed by atoms with van der Waals surface area (Å²) in [5, 5.41) is 12.4. The van der Waals surface area contributed by atoms with Crippen molar-refractivity contribution in [3.63, 3.8) is 0 Å². The van der Waals surface area contributed by atoms with Crippen molar-refractivity contribution >= 4 is 5.97 Å². The summed E-state index contributed by atoms with van der Waals surface area (Å²) in [6, 6.07) is 6.66. The lowest BCUT2D eigenvalue weighted by atomic mass is 9.79. The van der Waals surface area contributed by atoms with Gasteiger partial charge in [-0.25, -0.2) is 4.39 Å². The predicted molar refractivity (Wildman–Crippen MR) is 71.2 cm³/mol. The van der Waals surface area contributed by atoms with E-state index in [1.54, 1.807) is 18.2 Å². The Bertz CT molecular complexity index is 436. The molecule has 0 heterocycles. The largest absolute Gasteiger partial charge is 0.481 e. The van der Waals surface area contributed by atoms with Gasteiger partial charge in [-0.3, -0.25) is 4.79 Å². The van der Waals surface area contributed by atoms with Crippen LogP contribution in [0.5, 0.6) is 0 Å². The van der Waals surface area contributed by atoms with Gasteiger partial charge in [0.2, 0.25) is 0 Å². The van der Waals surface area contributed by atoms with Crippen LogP contribution >= 0.6 is 0 Å². The third-order valence-electron chi connectivity index (χ3n) is 3.91. The minimum absolute atomic E-state index is 0.165. The first-order valence-electron chi connectivity index (χ1n) is 6.85. The molecule has 1 aromatic rings. The lowest BCUT2D eigenvalue weighted by Crippen LogP contribution is -2.34. The van der Waals surface area contributed by atoms with E-state index in [4.69, 9.17) is 0 Å². The fourth-order valence-electron chi connectivity index (χ4n) is 2.81. The molecule has 4 heteroatoms. The SMILES string of the molecule is O=C(O)C1CCCCC1CNCc1ccccc1F. The summed E-state index contributed by atoms with van der Waals surface area (Å²) in [6.07, 6.45) is 3.80. The van der Waals surface area contributed by atoms with Gasteiger partial charge in [0.15, 0.2) is 0 Å². The van der Waals surface area contributed by atoms with Gasteiger partial charge in [0.05, 0.1) is 5.92 Å². The van der Waals surface area contributed by atoms with E-state index < -0.39 is 5.97 Å². The van der Waals surface area contributed by atoms with Gasteiger partial charge in [0, 0.05) is 12.1 Å². The molecule has 0 radical (unpaired) electrons. The molecule has 2 rings (SSSR count). The fraction of sp³-hybridized carbons (Fsp3) is 0.533. The van der Waals surface area contributed by atoms with Crippen molar-refractivity contribution in [1.82, 2.24) is 5.32 Å². The molecule has 0 aliphatic heterocycles. The molecule has 3 nitrogen and oxygen atoms in total. The third kappa shape index (κ3) is 3.77. The molecule has 1 aliphatic carbocycles. The third-order valence-corrected chi connectivity index (χ3v) is 3.91. The smallest absolute Gasteiger partial charge is 0.306 e. The normalized spacial score (nSPS) is 23.2. The summed E-state index contributed by atoms with van der Waals surface area (Å²) in [7, 11) is 0. The van der Waals surface area contributed by atoms with E-state index in [2.05, 4.69) is 5.32 Å². The number of aliphatic carboxylic acids is 1. The van der Waals surface area contributed by atoms with Crippen LogP contribution in [0.1, 0.15) is 31.2 Å². The van der Waals surface area contributed by atoms with Gasteiger partial charge in [0.25, 0.3) is 0 Å². The summed E-state index contributed by atoms with van der Waals surface area (Å²) in [4.78, 5) is 11.2. The first-order valence-corrected chi connectivity index (χ1v) is 6.85. The van der Waals surface area contributed by atoms with Crippen molar-refractivity contribution in [2.75, 3.05) is 6.54 Å². The van der Waals surface area contributed by atoms with Gasteiger partial charge >= 0.3 is 5.97 Å². The van der Waals surface area contributed by atoms with Crippen LogP contribution in [0.15, 0.2) is 24.3 Å². The zero-order valence-electron chi connectivity index (χ0n) is 10.9. The maximum absolute atomic E-state index is 13.4. The molecule has 2 N–H and O–H groups in total. The van der Waals surface area contributed by atoms with Gasteiger partial charge in [0.1, 0.15) is 5.82 Å². The zero-order valence-corrected chi connectivity index (χ0v) is 10.9. The molecule has 1 aromatic carbocycles. The van der Waals surface area contributed by atoms with Crippen LogP contribution in [0.3, 0.4) is 0 Å². The maximum atomic E-state index is 13.4. The van der Waals surface area contributed by atoms with Crippen molar-refractivity contribution in [2.24, 2.45) is 11.8 Å². The van der Waals surface area contributed by atoms with Crippen molar-refractivity contribution in [2.45, 2.75) is 32.2 Å². The first-order chi connectivity index (χ1) is 9.18. The van der Waals surface area contributed by atoms with Crippen LogP contribution < -0.4 is 5.32 Å². The predicted octanol–water partition coefficient (Wildman–Crippen LogP) is 2.81. The molecular weight excluding hydrogens is 245 g/mol. The van der Waals surface area contributed by atoms with E-state index in [0.29, 0.717) is 18.7 Å². The van der Waals surface area contributed by atoms with Crippen LogP contribution in [0.4, 0.5) is 4.39 Å². The Labute approximate surface area is 112 Å². The van der Waals surface area contributed by atoms with E-state index in [1.165, 1.54) is 6.07 Å². The van der Waals surface area contributed by atoms with Crippen molar-refractivity contribution in [1.29, 1.82) is 0 Å².